The summed E-state index contributed by atoms with van der Waals surface area (Å²) in [5.41, 5.74) is 2.39. The molecule has 0 bridgehead atoms. The third-order valence-corrected chi connectivity index (χ3v) is 3.64. The van der Waals surface area contributed by atoms with Crippen LogP contribution >= 0.6 is 11.8 Å². The van der Waals surface area contributed by atoms with Crippen LogP contribution in [0.15, 0.2) is 24.3 Å². The minimum atomic E-state index is 0.228. The van der Waals surface area contributed by atoms with Gasteiger partial charge in [-0.2, -0.15) is 11.8 Å². The first-order valence-electron chi connectivity index (χ1n) is 4.92. The van der Waals surface area contributed by atoms with Crippen molar-refractivity contribution < 1.29 is 5.11 Å². The van der Waals surface area contributed by atoms with Crippen LogP contribution in [0.25, 0.3) is 0 Å². The van der Waals surface area contributed by atoms with Crippen LogP contribution in [0.5, 0.6) is 0 Å². The Kier molecular flexibility index (Phi) is 3.32. The van der Waals surface area contributed by atoms with Crippen molar-refractivity contribution >= 4 is 17.4 Å². The van der Waals surface area contributed by atoms with Gasteiger partial charge in [0.25, 0.3) is 0 Å². The molecule has 0 saturated carbocycles. The highest BCUT2D eigenvalue weighted by Crippen LogP contribution is 2.22. The highest BCUT2D eigenvalue weighted by atomic mass is 32.2. The van der Waals surface area contributed by atoms with Crippen LogP contribution < -0.4 is 5.32 Å². The number of benzene rings is 1. The number of anilines is 1. The van der Waals surface area contributed by atoms with E-state index in [2.05, 4.69) is 29.6 Å². The van der Waals surface area contributed by atoms with Gasteiger partial charge >= 0.3 is 0 Å². The molecule has 0 unspecified atom stereocenters. The van der Waals surface area contributed by atoms with Gasteiger partial charge in [0.15, 0.2) is 0 Å². The van der Waals surface area contributed by atoms with Gasteiger partial charge in [0.05, 0.1) is 0 Å². The molecule has 1 aromatic carbocycles. The third kappa shape index (κ3) is 2.42. The van der Waals surface area contributed by atoms with Gasteiger partial charge in [-0.3, -0.25) is 0 Å². The number of aliphatic hydroxyl groups is 1. The lowest BCUT2D eigenvalue weighted by atomic mass is 10.1. The Balaban J connectivity index is 1.91. The molecule has 0 spiro atoms. The molecular formula is C11H15NOS. The molecule has 2 N–H and O–H groups in total. The van der Waals surface area contributed by atoms with Gasteiger partial charge < -0.3 is 10.4 Å². The van der Waals surface area contributed by atoms with Gasteiger partial charge in [-0.1, -0.05) is 12.1 Å². The van der Waals surface area contributed by atoms with E-state index >= 15 is 0 Å². The molecule has 1 saturated heterocycles. The van der Waals surface area contributed by atoms with Crippen LogP contribution in [-0.4, -0.2) is 29.3 Å². The molecule has 14 heavy (non-hydrogen) atoms. The average molecular weight is 209 g/mol. The van der Waals surface area contributed by atoms with Gasteiger partial charge in [0.2, 0.25) is 0 Å². The fraction of sp³-hybridized carbons (Fsp3) is 0.455. The van der Waals surface area contributed by atoms with Crippen molar-refractivity contribution in [3.8, 4) is 0 Å². The zero-order valence-corrected chi connectivity index (χ0v) is 8.89. The molecule has 76 valence electrons. The second-order valence-corrected chi connectivity index (χ2v) is 4.62. The predicted molar refractivity (Wildman–Crippen MR) is 62.0 cm³/mol. The van der Waals surface area contributed by atoms with Gasteiger partial charge in [0, 0.05) is 29.8 Å². The van der Waals surface area contributed by atoms with Crippen LogP contribution in [0.2, 0.25) is 0 Å². The second-order valence-electron chi connectivity index (χ2n) is 3.55. The summed E-state index contributed by atoms with van der Waals surface area (Å²) in [6.07, 6.45) is 0.750. The van der Waals surface area contributed by atoms with Gasteiger partial charge in [0.1, 0.15) is 0 Å². The summed E-state index contributed by atoms with van der Waals surface area (Å²) in [6, 6.07) is 8.99. The van der Waals surface area contributed by atoms with E-state index in [0.717, 1.165) is 6.42 Å². The number of thioether (sulfide) groups is 1. The maximum atomic E-state index is 8.76. The van der Waals surface area contributed by atoms with Crippen molar-refractivity contribution in [3.05, 3.63) is 29.8 Å². The molecule has 2 rings (SSSR count). The minimum Gasteiger partial charge on any atom is -0.396 e. The summed E-state index contributed by atoms with van der Waals surface area (Å²) in [5.74, 6) is 2.44. The fourth-order valence-electron chi connectivity index (χ4n) is 1.45. The Labute approximate surface area is 88.7 Å². The van der Waals surface area contributed by atoms with Crippen molar-refractivity contribution in [2.24, 2.45) is 0 Å². The minimum absolute atomic E-state index is 0.228. The second kappa shape index (κ2) is 4.71. The average Bonchev–Trinajstić information content (AvgIpc) is 2.14. The highest BCUT2D eigenvalue weighted by Gasteiger charge is 2.16. The van der Waals surface area contributed by atoms with E-state index < -0.39 is 0 Å². The van der Waals surface area contributed by atoms with E-state index in [0.29, 0.717) is 6.04 Å². The normalized spacial score (nSPS) is 16.4. The topological polar surface area (TPSA) is 32.3 Å². The van der Waals surface area contributed by atoms with Crippen molar-refractivity contribution in [1.29, 1.82) is 0 Å². The van der Waals surface area contributed by atoms with E-state index in [1.807, 2.05) is 11.8 Å². The molecule has 0 aliphatic carbocycles. The molecule has 1 heterocycles. The molecule has 1 fully saturated rings. The summed E-state index contributed by atoms with van der Waals surface area (Å²) in [5, 5.41) is 12.2. The Morgan fingerprint density at radius 2 is 2.00 bits per heavy atom. The Morgan fingerprint density at radius 3 is 2.50 bits per heavy atom. The molecule has 0 aromatic heterocycles. The monoisotopic (exact) mass is 209 g/mol. The molecule has 0 radical (unpaired) electrons. The molecule has 0 amide bonds. The van der Waals surface area contributed by atoms with E-state index in [1.165, 1.54) is 22.8 Å². The molecular weight excluding hydrogens is 194 g/mol. The van der Waals surface area contributed by atoms with Crippen LogP contribution in [0.1, 0.15) is 5.56 Å². The first kappa shape index (κ1) is 9.87. The molecule has 3 heteroatoms. The first-order valence-corrected chi connectivity index (χ1v) is 6.08. The van der Waals surface area contributed by atoms with Crippen LogP contribution in [-0.2, 0) is 6.42 Å². The number of hydrogen-bond donors (Lipinski definition) is 2. The zero-order chi connectivity index (χ0) is 9.80. The maximum Gasteiger partial charge on any atom is 0.0471 e. The van der Waals surface area contributed by atoms with Crippen molar-refractivity contribution in [2.45, 2.75) is 12.5 Å². The molecule has 1 aromatic rings. The highest BCUT2D eigenvalue weighted by molar-refractivity contribution is 8.00. The van der Waals surface area contributed by atoms with E-state index in [9.17, 15) is 0 Å². The predicted octanol–water partition coefficient (Wildman–Crippen LogP) is 1.75. The Hall–Kier alpha value is -0.670. The van der Waals surface area contributed by atoms with E-state index in [4.69, 9.17) is 5.11 Å². The van der Waals surface area contributed by atoms with E-state index in [-0.39, 0.29) is 6.61 Å². The van der Waals surface area contributed by atoms with Gasteiger partial charge in [-0.15, -0.1) is 0 Å². The van der Waals surface area contributed by atoms with Crippen LogP contribution in [0.4, 0.5) is 5.69 Å². The van der Waals surface area contributed by atoms with Crippen molar-refractivity contribution in [2.75, 3.05) is 23.4 Å². The van der Waals surface area contributed by atoms with Crippen molar-refractivity contribution in [1.82, 2.24) is 0 Å². The largest absolute Gasteiger partial charge is 0.396 e. The molecule has 1 aliphatic rings. The summed E-state index contributed by atoms with van der Waals surface area (Å²) >= 11 is 1.98. The summed E-state index contributed by atoms with van der Waals surface area (Å²) < 4.78 is 0. The molecule has 2 nitrogen and oxygen atoms in total. The molecule has 1 aliphatic heterocycles. The fourth-order valence-corrected chi connectivity index (χ4v) is 2.09. The summed E-state index contributed by atoms with van der Waals surface area (Å²) in [4.78, 5) is 0. The lowest BCUT2D eigenvalue weighted by molar-refractivity contribution is 0.299. The number of aliphatic hydroxyl groups excluding tert-OH is 1. The van der Waals surface area contributed by atoms with Crippen LogP contribution in [0.3, 0.4) is 0 Å². The Bertz CT molecular complexity index is 282. The third-order valence-electron chi connectivity index (χ3n) is 2.36. The Morgan fingerprint density at radius 1 is 1.29 bits per heavy atom. The maximum absolute atomic E-state index is 8.76. The smallest absolute Gasteiger partial charge is 0.0471 e. The summed E-state index contributed by atoms with van der Waals surface area (Å²) in [6.45, 7) is 0.228. The number of nitrogens with one attached hydrogen (secondary N) is 1. The van der Waals surface area contributed by atoms with Gasteiger partial charge in [-0.25, -0.2) is 0 Å². The van der Waals surface area contributed by atoms with Crippen molar-refractivity contribution in [3.63, 3.8) is 0 Å². The zero-order valence-electron chi connectivity index (χ0n) is 8.07. The number of rotatable bonds is 4. The SMILES string of the molecule is OCCc1ccc(NC2CSC2)cc1. The number of hydrogen-bond acceptors (Lipinski definition) is 3. The molecule has 0 atom stereocenters. The van der Waals surface area contributed by atoms with E-state index in [1.54, 1.807) is 0 Å². The first-order chi connectivity index (χ1) is 6.88. The van der Waals surface area contributed by atoms with Gasteiger partial charge in [-0.05, 0) is 24.1 Å². The van der Waals surface area contributed by atoms with Crippen LogP contribution in [0, 0.1) is 0 Å². The lowest BCUT2D eigenvalue weighted by Gasteiger charge is -2.27. The summed E-state index contributed by atoms with van der Waals surface area (Å²) in [7, 11) is 0. The quantitative estimate of drug-likeness (QED) is 0.792. The lowest BCUT2D eigenvalue weighted by Crippen LogP contribution is -2.33. The standard InChI is InChI=1S/C11H15NOS/c13-6-5-9-1-3-10(4-2-9)12-11-7-14-8-11/h1-4,11-13H,5-8H2.